The Labute approximate surface area is 261 Å². The van der Waals surface area contributed by atoms with Crippen LogP contribution in [0.5, 0.6) is 5.75 Å². The fourth-order valence-corrected chi connectivity index (χ4v) is 5.46. The van der Waals surface area contributed by atoms with E-state index in [1.54, 1.807) is 74.3 Å². The minimum atomic E-state index is -1.76. The van der Waals surface area contributed by atoms with E-state index in [0.717, 1.165) is 11.1 Å². The van der Waals surface area contributed by atoms with Crippen LogP contribution in [0.25, 0.3) is 22.2 Å². The molecular weight excluding hydrogens is 598 g/mol. The summed E-state index contributed by atoms with van der Waals surface area (Å²) in [5, 5.41) is 11.1. The Morgan fingerprint density at radius 1 is 1.02 bits per heavy atom. The SMILES string of the molecule is CCOc1ccc(NC(=O)c2ccc(Cl)cc2)cc1S(=O)Nc1cncc(-c2ccc3ncc(C(C=N)C=NC)nc3c2)c1. The zero-order chi connectivity index (χ0) is 31.1. The third-order valence-corrected chi connectivity index (χ3v) is 7.87. The van der Waals surface area contributed by atoms with Crippen LogP contribution < -0.4 is 14.8 Å². The van der Waals surface area contributed by atoms with Gasteiger partial charge in [0.1, 0.15) is 10.6 Å². The maximum Gasteiger partial charge on any atom is 0.255 e. The van der Waals surface area contributed by atoms with E-state index in [9.17, 15) is 9.00 Å². The van der Waals surface area contributed by atoms with E-state index >= 15 is 0 Å². The molecule has 5 rings (SSSR count). The number of pyridine rings is 1. The summed E-state index contributed by atoms with van der Waals surface area (Å²) in [7, 11) is -0.106. The number of carbonyl (C=O) groups is 1. The van der Waals surface area contributed by atoms with Crippen LogP contribution >= 0.6 is 11.6 Å². The van der Waals surface area contributed by atoms with Gasteiger partial charge in [0.15, 0.2) is 11.0 Å². The van der Waals surface area contributed by atoms with Gasteiger partial charge in [0.2, 0.25) is 0 Å². The molecule has 0 aliphatic rings. The van der Waals surface area contributed by atoms with Crippen molar-refractivity contribution in [3.8, 4) is 16.9 Å². The fraction of sp³-hybridized carbons (Fsp3) is 0.125. The monoisotopic (exact) mass is 625 g/mol. The van der Waals surface area contributed by atoms with Crippen LogP contribution in [0.1, 0.15) is 28.9 Å². The summed E-state index contributed by atoms with van der Waals surface area (Å²) in [6.07, 6.45) is 7.84. The topological polar surface area (TPSA) is 142 Å². The zero-order valence-corrected chi connectivity index (χ0v) is 25.4. The lowest BCUT2D eigenvalue weighted by atomic mass is 10.1. The van der Waals surface area contributed by atoms with Gasteiger partial charge < -0.3 is 15.5 Å². The van der Waals surface area contributed by atoms with Crippen molar-refractivity contribution in [3.63, 3.8) is 0 Å². The summed E-state index contributed by atoms with van der Waals surface area (Å²) in [6, 6.07) is 19.0. The molecule has 44 heavy (non-hydrogen) atoms. The quantitative estimate of drug-likeness (QED) is 0.142. The Hall–Kier alpha value is -5.00. The maximum atomic E-state index is 13.6. The van der Waals surface area contributed by atoms with E-state index in [2.05, 4.69) is 25.0 Å². The van der Waals surface area contributed by atoms with Crippen molar-refractivity contribution in [1.29, 1.82) is 5.41 Å². The first-order valence-electron chi connectivity index (χ1n) is 13.6. The Kier molecular flexibility index (Phi) is 9.68. The molecule has 1 amide bonds. The summed E-state index contributed by atoms with van der Waals surface area (Å²) in [5.41, 5.74) is 5.02. The first-order valence-corrected chi connectivity index (χ1v) is 15.1. The van der Waals surface area contributed by atoms with Crippen LogP contribution in [-0.2, 0) is 11.0 Å². The number of nitrogens with one attached hydrogen (secondary N) is 3. The van der Waals surface area contributed by atoms with E-state index in [1.165, 1.54) is 6.21 Å². The molecule has 0 saturated carbocycles. The van der Waals surface area contributed by atoms with Crippen molar-refractivity contribution in [2.45, 2.75) is 17.7 Å². The van der Waals surface area contributed by atoms with Gasteiger partial charge in [-0.25, -0.2) is 9.19 Å². The molecule has 3 N–H and O–H groups in total. The highest BCUT2D eigenvalue weighted by molar-refractivity contribution is 7.86. The molecule has 222 valence electrons. The molecule has 10 nitrogen and oxygen atoms in total. The minimum Gasteiger partial charge on any atom is -0.493 e. The average molecular weight is 626 g/mol. The van der Waals surface area contributed by atoms with Crippen molar-refractivity contribution >= 4 is 63.3 Å². The number of carbonyl (C=O) groups excluding carboxylic acids is 1. The van der Waals surface area contributed by atoms with Gasteiger partial charge in [-0.05, 0) is 73.2 Å². The first-order chi connectivity index (χ1) is 21.4. The Morgan fingerprint density at radius 3 is 2.59 bits per heavy atom. The molecule has 0 bridgehead atoms. The number of benzene rings is 3. The number of amides is 1. The summed E-state index contributed by atoms with van der Waals surface area (Å²) in [6.45, 7) is 2.21. The normalized spacial score (nSPS) is 12.5. The molecule has 2 unspecified atom stereocenters. The number of anilines is 2. The number of hydrogen-bond donors (Lipinski definition) is 3. The van der Waals surface area contributed by atoms with Crippen molar-refractivity contribution in [2.75, 3.05) is 23.7 Å². The molecule has 0 fully saturated rings. The number of rotatable bonds is 11. The maximum absolute atomic E-state index is 13.6. The Morgan fingerprint density at radius 2 is 1.84 bits per heavy atom. The predicted molar refractivity (Wildman–Crippen MR) is 176 cm³/mol. The smallest absolute Gasteiger partial charge is 0.255 e. The Bertz CT molecular complexity index is 1880. The van der Waals surface area contributed by atoms with E-state index < -0.39 is 11.0 Å². The van der Waals surface area contributed by atoms with Gasteiger partial charge in [0.25, 0.3) is 5.91 Å². The average Bonchev–Trinajstić information content (AvgIpc) is 3.04. The lowest BCUT2D eigenvalue weighted by molar-refractivity contribution is 0.102. The summed E-state index contributed by atoms with van der Waals surface area (Å²) < 4.78 is 22.3. The molecule has 3 aromatic carbocycles. The predicted octanol–water partition coefficient (Wildman–Crippen LogP) is 6.56. The lowest BCUT2D eigenvalue weighted by Crippen LogP contribution is -2.13. The van der Waals surface area contributed by atoms with Crippen molar-refractivity contribution in [3.05, 3.63) is 102 Å². The van der Waals surface area contributed by atoms with Crippen molar-refractivity contribution in [1.82, 2.24) is 15.0 Å². The van der Waals surface area contributed by atoms with E-state index in [4.69, 9.17) is 26.7 Å². The fourth-order valence-electron chi connectivity index (χ4n) is 4.36. The van der Waals surface area contributed by atoms with Crippen LogP contribution in [0.3, 0.4) is 0 Å². The number of hydrogen-bond acceptors (Lipinski definition) is 8. The molecule has 2 heterocycles. The molecule has 2 atom stereocenters. The van der Waals surface area contributed by atoms with Crippen molar-refractivity contribution in [2.24, 2.45) is 4.99 Å². The van der Waals surface area contributed by atoms with E-state index in [-0.39, 0.29) is 11.8 Å². The highest BCUT2D eigenvalue weighted by Crippen LogP contribution is 2.29. The van der Waals surface area contributed by atoms with Crippen LogP contribution in [0.2, 0.25) is 5.02 Å². The van der Waals surface area contributed by atoms with Gasteiger partial charge >= 0.3 is 0 Å². The molecule has 12 heteroatoms. The number of halogens is 1. The molecule has 0 spiro atoms. The van der Waals surface area contributed by atoms with Crippen LogP contribution in [-0.4, -0.2) is 51.2 Å². The third-order valence-electron chi connectivity index (χ3n) is 6.48. The zero-order valence-electron chi connectivity index (χ0n) is 23.8. The summed E-state index contributed by atoms with van der Waals surface area (Å²) in [5.74, 6) is -0.269. The number of aliphatic imine (C=N–C) groups is 1. The number of ether oxygens (including phenoxy) is 1. The number of aromatic nitrogens is 3. The van der Waals surface area contributed by atoms with Crippen LogP contribution in [0.15, 0.2) is 95.2 Å². The molecular formula is C32H28ClN7O3S. The highest BCUT2D eigenvalue weighted by Gasteiger charge is 2.16. The highest BCUT2D eigenvalue weighted by atomic mass is 35.5. The summed E-state index contributed by atoms with van der Waals surface area (Å²) in [4.78, 5) is 30.7. The Balaban J connectivity index is 1.39. The van der Waals surface area contributed by atoms with Gasteiger partial charge in [0.05, 0.1) is 47.3 Å². The second-order valence-electron chi connectivity index (χ2n) is 9.49. The van der Waals surface area contributed by atoms with Crippen LogP contribution in [0, 0.1) is 5.41 Å². The molecule has 2 aromatic heterocycles. The van der Waals surface area contributed by atoms with Gasteiger partial charge in [0, 0.05) is 47.5 Å². The van der Waals surface area contributed by atoms with Crippen molar-refractivity contribution < 1.29 is 13.7 Å². The van der Waals surface area contributed by atoms with Crippen LogP contribution in [0.4, 0.5) is 11.4 Å². The molecule has 5 aromatic rings. The number of nitrogens with zero attached hydrogens (tertiary/aromatic N) is 4. The van der Waals surface area contributed by atoms with E-state index in [0.29, 0.717) is 55.9 Å². The minimum absolute atomic E-state index is 0.327. The largest absolute Gasteiger partial charge is 0.493 e. The van der Waals surface area contributed by atoms with E-state index in [1.807, 2.05) is 31.2 Å². The number of fused-ring (bicyclic) bond motifs is 1. The molecule has 0 saturated heterocycles. The standard InChI is InChI=1S/C32H28ClN7O3S/c1-3-43-30-11-9-25(38-32(41)20-4-7-24(33)8-5-20)14-31(30)44(42)40-26-12-22(17-36-18-26)21-6-10-27-28(13-21)39-29(19-37-27)23(15-34)16-35-2/h4-19,23,34,40H,3H2,1-2H3,(H,38,41). The van der Waals surface area contributed by atoms with Gasteiger partial charge in [-0.1, -0.05) is 17.7 Å². The first kappa shape index (κ1) is 30.5. The second kappa shape index (κ2) is 14.0. The van der Waals surface area contributed by atoms with Gasteiger partial charge in [-0.2, -0.15) is 0 Å². The second-order valence-corrected chi connectivity index (χ2v) is 11.1. The third kappa shape index (κ3) is 7.13. The molecule has 0 aliphatic carbocycles. The molecule has 0 aliphatic heterocycles. The lowest BCUT2D eigenvalue weighted by Gasteiger charge is -2.14. The summed E-state index contributed by atoms with van der Waals surface area (Å²) >= 11 is 5.94. The molecule has 0 radical (unpaired) electrons. The van der Waals surface area contributed by atoms with Gasteiger partial charge in [-0.15, -0.1) is 0 Å². The van der Waals surface area contributed by atoms with Gasteiger partial charge in [-0.3, -0.25) is 24.5 Å².